The van der Waals surface area contributed by atoms with E-state index in [1.54, 1.807) is 0 Å². The lowest BCUT2D eigenvalue weighted by Gasteiger charge is -2.10. The number of aryl methyl sites for hydroxylation is 2. The maximum absolute atomic E-state index is 11.9. The molecule has 0 aromatic heterocycles. The molecule has 2 rings (SSSR count). The average Bonchev–Trinajstić information content (AvgIpc) is 2.54. The number of hydrogen-bond donors (Lipinski definition) is 1. The summed E-state index contributed by atoms with van der Waals surface area (Å²) in [6.45, 7) is 5.12. The van der Waals surface area contributed by atoms with Crippen molar-refractivity contribution in [2.24, 2.45) is 0 Å². The molecule has 3 heteroatoms. The van der Waals surface area contributed by atoms with Gasteiger partial charge in [0.2, 0.25) is 5.91 Å². The fourth-order valence-electron chi connectivity index (χ4n) is 2.21. The van der Waals surface area contributed by atoms with Crippen LogP contribution in [-0.4, -0.2) is 19.1 Å². The molecule has 0 aliphatic rings. The SMILES string of the molecule is CCc1ccc(CC(=O)NCCOc2ccccc2C)cc1. The summed E-state index contributed by atoms with van der Waals surface area (Å²) in [4.78, 5) is 11.9. The van der Waals surface area contributed by atoms with Crippen LogP contribution in [0.3, 0.4) is 0 Å². The first-order valence-electron chi connectivity index (χ1n) is 7.72. The van der Waals surface area contributed by atoms with Crippen LogP contribution in [0.25, 0.3) is 0 Å². The summed E-state index contributed by atoms with van der Waals surface area (Å²) in [7, 11) is 0. The first-order chi connectivity index (χ1) is 10.7. The number of rotatable bonds is 7. The van der Waals surface area contributed by atoms with Gasteiger partial charge < -0.3 is 10.1 Å². The van der Waals surface area contributed by atoms with E-state index >= 15 is 0 Å². The van der Waals surface area contributed by atoms with Gasteiger partial charge in [-0.1, -0.05) is 49.4 Å². The molecule has 0 saturated carbocycles. The second-order valence-electron chi connectivity index (χ2n) is 5.31. The van der Waals surface area contributed by atoms with E-state index < -0.39 is 0 Å². The van der Waals surface area contributed by atoms with Crippen LogP contribution in [-0.2, 0) is 17.6 Å². The van der Waals surface area contributed by atoms with Gasteiger partial charge in [-0.15, -0.1) is 0 Å². The highest BCUT2D eigenvalue weighted by molar-refractivity contribution is 5.78. The quantitative estimate of drug-likeness (QED) is 0.796. The van der Waals surface area contributed by atoms with Gasteiger partial charge in [-0.25, -0.2) is 0 Å². The minimum absolute atomic E-state index is 0.0256. The van der Waals surface area contributed by atoms with Crippen molar-refractivity contribution < 1.29 is 9.53 Å². The number of carbonyl (C=O) groups is 1. The maximum atomic E-state index is 11.9. The summed E-state index contributed by atoms with van der Waals surface area (Å²) in [5, 5.41) is 2.89. The van der Waals surface area contributed by atoms with Crippen molar-refractivity contribution in [3.05, 3.63) is 65.2 Å². The van der Waals surface area contributed by atoms with Gasteiger partial charge >= 0.3 is 0 Å². The summed E-state index contributed by atoms with van der Waals surface area (Å²) in [5.41, 5.74) is 3.43. The zero-order valence-corrected chi connectivity index (χ0v) is 13.3. The molecule has 0 saturated heterocycles. The van der Waals surface area contributed by atoms with Crippen LogP contribution in [0.4, 0.5) is 0 Å². The molecule has 0 heterocycles. The molecular weight excluding hydrogens is 274 g/mol. The smallest absolute Gasteiger partial charge is 0.224 e. The van der Waals surface area contributed by atoms with Crippen molar-refractivity contribution in [1.82, 2.24) is 5.32 Å². The minimum atomic E-state index is 0.0256. The fourth-order valence-corrected chi connectivity index (χ4v) is 2.21. The van der Waals surface area contributed by atoms with Crippen molar-refractivity contribution in [3.63, 3.8) is 0 Å². The van der Waals surface area contributed by atoms with Gasteiger partial charge in [0.15, 0.2) is 0 Å². The van der Waals surface area contributed by atoms with E-state index in [1.807, 2.05) is 43.3 Å². The van der Waals surface area contributed by atoms with E-state index in [-0.39, 0.29) is 5.91 Å². The third kappa shape index (κ3) is 4.92. The van der Waals surface area contributed by atoms with Gasteiger partial charge in [-0.2, -0.15) is 0 Å². The van der Waals surface area contributed by atoms with Gasteiger partial charge in [0.1, 0.15) is 12.4 Å². The Balaban J connectivity index is 1.70. The molecule has 3 nitrogen and oxygen atoms in total. The molecule has 0 fully saturated rings. The second-order valence-corrected chi connectivity index (χ2v) is 5.31. The van der Waals surface area contributed by atoms with Crippen molar-refractivity contribution in [3.8, 4) is 5.75 Å². The van der Waals surface area contributed by atoms with E-state index in [2.05, 4.69) is 24.4 Å². The highest BCUT2D eigenvalue weighted by atomic mass is 16.5. The first kappa shape index (κ1) is 16.1. The topological polar surface area (TPSA) is 38.3 Å². The van der Waals surface area contributed by atoms with E-state index in [0.29, 0.717) is 19.6 Å². The first-order valence-corrected chi connectivity index (χ1v) is 7.72. The summed E-state index contributed by atoms with van der Waals surface area (Å²) < 4.78 is 5.65. The molecule has 0 aliphatic heterocycles. The van der Waals surface area contributed by atoms with Crippen LogP contribution in [0.2, 0.25) is 0 Å². The van der Waals surface area contributed by atoms with Crippen molar-refractivity contribution >= 4 is 5.91 Å². The van der Waals surface area contributed by atoms with Crippen LogP contribution in [0, 0.1) is 6.92 Å². The van der Waals surface area contributed by atoms with E-state index in [1.165, 1.54) is 5.56 Å². The molecule has 0 unspecified atom stereocenters. The molecule has 116 valence electrons. The van der Waals surface area contributed by atoms with E-state index in [9.17, 15) is 4.79 Å². The number of carbonyl (C=O) groups excluding carboxylic acids is 1. The largest absolute Gasteiger partial charge is 0.491 e. The summed E-state index contributed by atoms with van der Waals surface area (Å²) in [6.07, 6.45) is 1.43. The molecule has 0 bridgehead atoms. The zero-order chi connectivity index (χ0) is 15.8. The summed E-state index contributed by atoms with van der Waals surface area (Å²) in [6, 6.07) is 16.0. The standard InChI is InChI=1S/C19H23NO2/c1-3-16-8-10-17(11-9-16)14-19(21)20-12-13-22-18-7-5-4-6-15(18)2/h4-11H,3,12-14H2,1-2H3,(H,20,21). The predicted octanol–water partition coefficient (Wildman–Crippen LogP) is 3.30. The zero-order valence-electron chi connectivity index (χ0n) is 13.3. The highest BCUT2D eigenvalue weighted by Crippen LogP contribution is 2.15. The Bertz CT molecular complexity index is 605. The van der Waals surface area contributed by atoms with Crippen LogP contribution in [0.5, 0.6) is 5.75 Å². The monoisotopic (exact) mass is 297 g/mol. The normalized spacial score (nSPS) is 10.3. The maximum Gasteiger partial charge on any atom is 0.224 e. The molecule has 0 spiro atoms. The molecule has 22 heavy (non-hydrogen) atoms. The molecule has 2 aromatic rings. The van der Waals surface area contributed by atoms with Gasteiger partial charge in [-0.3, -0.25) is 4.79 Å². The summed E-state index contributed by atoms with van der Waals surface area (Å²) in [5.74, 6) is 0.893. The molecule has 1 amide bonds. The molecule has 0 atom stereocenters. The lowest BCUT2D eigenvalue weighted by Crippen LogP contribution is -2.29. The lowest BCUT2D eigenvalue weighted by molar-refractivity contribution is -0.120. The predicted molar refractivity (Wildman–Crippen MR) is 89.2 cm³/mol. The van der Waals surface area contributed by atoms with Gasteiger partial charge in [0.25, 0.3) is 0 Å². The van der Waals surface area contributed by atoms with Crippen LogP contribution >= 0.6 is 0 Å². The van der Waals surface area contributed by atoms with Crippen LogP contribution < -0.4 is 10.1 Å². The Morgan fingerprint density at radius 1 is 1.05 bits per heavy atom. The lowest BCUT2D eigenvalue weighted by atomic mass is 10.1. The highest BCUT2D eigenvalue weighted by Gasteiger charge is 2.03. The molecular formula is C19H23NO2. The fraction of sp³-hybridized carbons (Fsp3) is 0.316. The average molecular weight is 297 g/mol. The molecule has 0 radical (unpaired) electrons. The number of hydrogen-bond acceptors (Lipinski definition) is 2. The van der Waals surface area contributed by atoms with Crippen molar-refractivity contribution in [2.45, 2.75) is 26.7 Å². The van der Waals surface area contributed by atoms with Crippen molar-refractivity contribution in [1.29, 1.82) is 0 Å². The summed E-state index contributed by atoms with van der Waals surface area (Å²) >= 11 is 0. The third-order valence-corrected chi connectivity index (χ3v) is 3.57. The van der Waals surface area contributed by atoms with E-state index in [0.717, 1.165) is 23.3 Å². The molecule has 0 aliphatic carbocycles. The Morgan fingerprint density at radius 3 is 2.41 bits per heavy atom. The number of benzene rings is 2. The third-order valence-electron chi connectivity index (χ3n) is 3.57. The Morgan fingerprint density at radius 2 is 1.73 bits per heavy atom. The van der Waals surface area contributed by atoms with Gasteiger partial charge in [-0.05, 0) is 36.1 Å². The number of para-hydroxylation sites is 1. The Hall–Kier alpha value is -2.29. The second kappa shape index (κ2) is 8.23. The number of ether oxygens (including phenoxy) is 1. The number of nitrogens with one attached hydrogen (secondary N) is 1. The molecule has 2 aromatic carbocycles. The van der Waals surface area contributed by atoms with Gasteiger partial charge in [0, 0.05) is 0 Å². The molecule has 1 N–H and O–H groups in total. The van der Waals surface area contributed by atoms with E-state index in [4.69, 9.17) is 4.74 Å². The van der Waals surface area contributed by atoms with Gasteiger partial charge in [0.05, 0.1) is 13.0 Å². The van der Waals surface area contributed by atoms with Crippen LogP contribution in [0.15, 0.2) is 48.5 Å². The van der Waals surface area contributed by atoms with Crippen LogP contribution in [0.1, 0.15) is 23.6 Å². The Kier molecular flexibility index (Phi) is 6.01. The van der Waals surface area contributed by atoms with Crippen molar-refractivity contribution in [2.75, 3.05) is 13.2 Å². The number of amides is 1. The minimum Gasteiger partial charge on any atom is -0.491 e. The Labute approximate surface area is 132 Å².